The van der Waals surface area contributed by atoms with E-state index in [1.54, 1.807) is 0 Å². The maximum Gasteiger partial charge on any atom is 0.327 e. The second kappa shape index (κ2) is 5.14. The van der Waals surface area contributed by atoms with Gasteiger partial charge in [0.25, 0.3) is 0 Å². The van der Waals surface area contributed by atoms with Crippen LogP contribution in [0.3, 0.4) is 0 Å². The Morgan fingerprint density at radius 3 is 2.82 bits per heavy atom. The van der Waals surface area contributed by atoms with Crippen LogP contribution in [0.25, 0.3) is 0 Å². The number of carbonyl (C=O) groups excluding carboxylic acids is 1. The quantitative estimate of drug-likeness (QED) is 0.722. The topological polar surface area (TPSA) is 72.9 Å². The van der Waals surface area contributed by atoms with E-state index in [4.69, 9.17) is 5.11 Å². The Balaban J connectivity index is 1.89. The van der Waals surface area contributed by atoms with E-state index in [-0.39, 0.29) is 12.1 Å². The van der Waals surface area contributed by atoms with Crippen LogP contribution in [0.15, 0.2) is 0 Å². The number of likely N-dealkylation sites (tertiary alicyclic amines) is 1. The van der Waals surface area contributed by atoms with Crippen molar-refractivity contribution in [2.24, 2.45) is 0 Å². The lowest BCUT2D eigenvalue weighted by molar-refractivity contribution is -0.140. The lowest BCUT2D eigenvalue weighted by atomic mass is 10.2. The minimum atomic E-state index is -0.923. The van der Waals surface area contributed by atoms with Crippen molar-refractivity contribution < 1.29 is 14.7 Å². The average Bonchev–Trinajstić information content (AvgIpc) is 2.86. The van der Waals surface area contributed by atoms with Gasteiger partial charge in [-0.25, -0.2) is 9.59 Å². The predicted molar refractivity (Wildman–Crippen MR) is 65.0 cm³/mol. The van der Waals surface area contributed by atoms with Gasteiger partial charge in [0.15, 0.2) is 0 Å². The molecule has 7 heteroatoms. The van der Waals surface area contributed by atoms with Gasteiger partial charge in [-0.15, -0.1) is 11.8 Å². The molecule has 2 aliphatic rings. The van der Waals surface area contributed by atoms with Crippen LogP contribution in [0, 0.1) is 0 Å². The molecule has 0 aromatic heterocycles. The molecule has 17 heavy (non-hydrogen) atoms. The molecular formula is C10H17N3O3S. The summed E-state index contributed by atoms with van der Waals surface area (Å²) in [7, 11) is 2.01. The Morgan fingerprint density at radius 1 is 1.47 bits per heavy atom. The van der Waals surface area contributed by atoms with Crippen molar-refractivity contribution in [1.82, 2.24) is 15.1 Å². The summed E-state index contributed by atoms with van der Waals surface area (Å²) in [5.74, 6) is 0.0206. The number of rotatable bonds is 2. The highest BCUT2D eigenvalue weighted by Gasteiger charge is 2.35. The average molecular weight is 259 g/mol. The molecule has 1 unspecified atom stereocenters. The number of thioether (sulfide) groups is 1. The van der Waals surface area contributed by atoms with E-state index in [9.17, 15) is 9.59 Å². The number of aliphatic carboxylic acids is 1. The van der Waals surface area contributed by atoms with Crippen molar-refractivity contribution in [3.63, 3.8) is 0 Å². The highest BCUT2D eigenvalue weighted by Crippen LogP contribution is 2.21. The molecule has 2 atom stereocenters. The zero-order chi connectivity index (χ0) is 12.4. The minimum absolute atomic E-state index is 0.146. The number of carboxylic acid groups (broad SMARTS) is 1. The number of urea groups is 1. The summed E-state index contributed by atoms with van der Waals surface area (Å²) in [4.78, 5) is 26.5. The molecule has 2 heterocycles. The van der Waals surface area contributed by atoms with Gasteiger partial charge in [0, 0.05) is 18.3 Å². The number of hydrogen-bond donors (Lipinski definition) is 2. The first kappa shape index (κ1) is 12.5. The largest absolute Gasteiger partial charge is 0.480 e. The maximum atomic E-state index is 11.9. The second-order valence-corrected chi connectivity index (χ2v) is 5.52. The van der Waals surface area contributed by atoms with Gasteiger partial charge in [0.2, 0.25) is 0 Å². The van der Waals surface area contributed by atoms with E-state index in [1.165, 1.54) is 16.7 Å². The minimum Gasteiger partial charge on any atom is -0.480 e. The Bertz CT molecular complexity index is 326. The summed E-state index contributed by atoms with van der Waals surface area (Å²) in [6, 6.07) is -0.783. The molecule has 2 aliphatic heterocycles. The molecule has 0 aliphatic carbocycles. The smallest absolute Gasteiger partial charge is 0.327 e. The fraction of sp³-hybridized carbons (Fsp3) is 0.800. The van der Waals surface area contributed by atoms with Crippen LogP contribution in [0.2, 0.25) is 0 Å². The molecule has 0 saturated carbocycles. The Morgan fingerprint density at radius 2 is 2.24 bits per heavy atom. The van der Waals surface area contributed by atoms with Crippen LogP contribution in [0.5, 0.6) is 0 Å². The van der Waals surface area contributed by atoms with E-state index in [0.29, 0.717) is 11.6 Å². The third-order valence-corrected chi connectivity index (χ3v) is 4.16. The Kier molecular flexibility index (Phi) is 3.78. The van der Waals surface area contributed by atoms with Crippen LogP contribution >= 0.6 is 11.8 Å². The van der Waals surface area contributed by atoms with Crippen LogP contribution in [0.4, 0.5) is 4.79 Å². The number of likely N-dealkylation sites (N-methyl/N-ethyl adjacent to an activating group) is 1. The van der Waals surface area contributed by atoms with E-state index >= 15 is 0 Å². The van der Waals surface area contributed by atoms with Gasteiger partial charge >= 0.3 is 12.0 Å². The summed E-state index contributed by atoms with van der Waals surface area (Å²) < 4.78 is 0. The summed E-state index contributed by atoms with van der Waals surface area (Å²) in [5, 5.41) is 11.9. The first-order chi connectivity index (χ1) is 8.08. The lowest BCUT2D eigenvalue weighted by Gasteiger charge is -2.23. The molecule has 0 spiro atoms. The summed E-state index contributed by atoms with van der Waals surface area (Å²) >= 11 is 1.48. The fourth-order valence-corrected chi connectivity index (χ4v) is 3.30. The van der Waals surface area contributed by atoms with Gasteiger partial charge < -0.3 is 20.2 Å². The third kappa shape index (κ3) is 2.84. The van der Waals surface area contributed by atoms with Crippen molar-refractivity contribution in [3.05, 3.63) is 0 Å². The first-order valence-corrected chi connectivity index (χ1v) is 6.79. The molecule has 2 saturated heterocycles. The summed E-state index contributed by atoms with van der Waals surface area (Å²) in [6.45, 7) is 1.81. The van der Waals surface area contributed by atoms with Gasteiger partial charge in [0.05, 0.1) is 5.88 Å². The summed E-state index contributed by atoms with van der Waals surface area (Å²) in [6.07, 6.45) is 0.932. The highest BCUT2D eigenvalue weighted by atomic mass is 32.2. The van der Waals surface area contributed by atoms with Gasteiger partial charge in [-0.1, -0.05) is 0 Å². The normalized spacial score (nSPS) is 29.6. The lowest BCUT2D eigenvalue weighted by Crippen LogP contribution is -2.50. The van der Waals surface area contributed by atoms with Gasteiger partial charge in [0.1, 0.15) is 6.04 Å². The molecule has 0 radical (unpaired) electrons. The molecule has 2 rings (SSSR count). The molecule has 2 N–H and O–H groups in total. The van der Waals surface area contributed by atoms with E-state index in [2.05, 4.69) is 10.2 Å². The maximum absolute atomic E-state index is 11.9. The number of carbonyl (C=O) groups is 2. The van der Waals surface area contributed by atoms with Crippen molar-refractivity contribution in [2.45, 2.75) is 18.5 Å². The number of amides is 2. The summed E-state index contributed by atoms with van der Waals surface area (Å²) in [5.41, 5.74) is 0. The molecule has 0 bridgehead atoms. The van der Waals surface area contributed by atoms with E-state index in [1.807, 2.05) is 7.05 Å². The molecule has 6 nitrogen and oxygen atoms in total. The second-order valence-electron chi connectivity index (χ2n) is 4.52. The van der Waals surface area contributed by atoms with Gasteiger partial charge in [-0.2, -0.15) is 0 Å². The van der Waals surface area contributed by atoms with Gasteiger partial charge in [-0.3, -0.25) is 0 Å². The molecule has 2 amide bonds. The molecule has 0 aromatic carbocycles. The number of nitrogens with one attached hydrogen (secondary N) is 1. The van der Waals surface area contributed by atoms with Crippen LogP contribution in [0.1, 0.15) is 6.42 Å². The molecule has 0 aromatic rings. The molecular weight excluding hydrogens is 242 g/mol. The molecule has 2 fully saturated rings. The SMILES string of the molecule is CN1CCC(NC(=O)N2CSC[C@H]2C(=O)O)C1. The van der Waals surface area contributed by atoms with Crippen LogP contribution in [-0.2, 0) is 4.79 Å². The standard InChI is InChI=1S/C10H17N3O3S/c1-12-3-2-7(4-12)11-10(16)13-6-17-5-8(13)9(14)15/h7-8H,2-6H2,1H3,(H,11,16)(H,14,15)/t7?,8-/m0/s1. The van der Waals surface area contributed by atoms with E-state index < -0.39 is 12.0 Å². The van der Waals surface area contributed by atoms with Gasteiger partial charge in [-0.05, 0) is 20.0 Å². The zero-order valence-corrected chi connectivity index (χ0v) is 10.6. The van der Waals surface area contributed by atoms with Crippen molar-refractivity contribution in [1.29, 1.82) is 0 Å². The fourth-order valence-electron chi connectivity index (χ4n) is 2.16. The Labute approximate surface area is 104 Å². The van der Waals surface area contributed by atoms with Crippen molar-refractivity contribution in [3.8, 4) is 0 Å². The monoisotopic (exact) mass is 259 g/mol. The van der Waals surface area contributed by atoms with Crippen molar-refractivity contribution in [2.75, 3.05) is 31.8 Å². The predicted octanol–water partition coefficient (Wildman–Crippen LogP) is -0.140. The zero-order valence-electron chi connectivity index (χ0n) is 9.76. The Hall–Kier alpha value is -0.950. The first-order valence-electron chi connectivity index (χ1n) is 5.64. The van der Waals surface area contributed by atoms with Crippen LogP contribution in [-0.4, -0.2) is 70.8 Å². The third-order valence-electron chi connectivity index (χ3n) is 3.15. The number of carboxylic acids is 1. The molecule has 96 valence electrons. The van der Waals surface area contributed by atoms with E-state index in [0.717, 1.165) is 19.5 Å². The number of hydrogen-bond acceptors (Lipinski definition) is 4. The highest BCUT2D eigenvalue weighted by molar-refractivity contribution is 7.99. The van der Waals surface area contributed by atoms with Crippen molar-refractivity contribution >= 4 is 23.8 Å². The van der Waals surface area contributed by atoms with Crippen LogP contribution < -0.4 is 5.32 Å². The number of nitrogens with zero attached hydrogens (tertiary/aromatic N) is 2.